The molecule has 43 heavy (non-hydrogen) atoms. The Kier molecular flexibility index (Phi) is 10.0. The summed E-state index contributed by atoms with van der Waals surface area (Å²) in [5.41, 5.74) is -0.108. The molecule has 0 bridgehead atoms. The van der Waals surface area contributed by atoms with E-state index in [1.807, 2.05) is 6.07 Å². The van der Waals surface area contributed by atoms with Crippen molar-refractivity contribution in [2.24, 2.45) is 5.41 Å². The topological polar surface area (TPSA) is 160 Å². The van der Waals surface area contributed by atoms with Crippen LogP contribution in [-0.4, -0.2) is 99.3 Å². The highest BCUT2D eigenvalue weighted by molar-refractivity contribution is 5.96. The molecule has 2 aliphatic rings. The van der Waals surface area contributed by atoms with Gasteiger partial charge in [0.2, 0.25) is 11.8 Å². The molecule has 4 rings (SSSR count). The summed E-state index contributed by atoms with van der Waals surface area (Å²) < 4.78 is 12.6. The number of hydrogen-bond acceptors (Lipinski definition) is 8. The Bertz CT molecular complexity index is 1320. The van der Waals surface area contributed by atoms with Crippen molar-refractivity contribution in [3.8, 4) is 11.6 Å². The third-order valence-corrected chi connectivity index (χ3v) is 7.52. The first-order valence-corrected chi connectivity index (χ1v) is 14.5. The summed E-state index contributed by atoms with van der Waals surface area (Å²) in [5, 5.41) is 16.3. The van der Waals surface area contributed by atoms with E-state index in [9.17, 15) is 29.1 Å². The first-order valence-electron chi connectivity index (χ1n) is 14.5. The lowest BCUT2D eigenvalue weighted by Gasteiger charge is -2.37. The zero-order valence-corrected chi connectivity index (χ0v) is 24.8. The fourth-order valence-electron chi connectivity index (χ4n) is 4.48. The molecule has 0 radical (unpaired) electrons. The van der Waals surface area contributed by atoms with Crippen LogP contribution in [0.25, 0.3) is 5.69 Å². The molecule has 1 aromatic heterocycles. The largest absolute Gasteiger partial charge is 0.481 e. The lowest BCUT2D eigenvalue weighted by Crippen LogP contribution is -2.56. The van der Waals surface area contributed by atoms with E-state index in [1.54, 1.807) is 49.9 Å². The maximum absolute atomic E-state index is 13.4. The van der Waals surface area contributed by atoms with Crippen molar-refractivity contribution in [3.05, 3.63) is 42.1 Å². The number of para-hydroxylation sites is 1. The number of nitrogens with zero attached hydrogens (tertiary/aromatic N) is 4. The van der Waals surface area contributed by atoms with Crippen LogP contribution in [0.1, 0.15) is 63.4 Å². The Labute approximate surface area is 250 Å². The number of amides is 3. The van der Waals surface area contributed by atoms with Crippen LogP contribution in [0.4, 0.5) is 4.79 Å². The fraction of sp³-hybridized carbons (Fsp3) is 0.533. The quantitative estimate of drug-likeness (QED) is 0.397. The second-order valence-electron chi connectivity index (χ2n) is 11.8. The number of aliphatic carboxylic acids is 1. The molecular weight excluding hydrogens is 558 g/mol. The Balaban J connectivity index is 1.46. The molecule has 13 heteroatoms. The summed E-state index contributed by atoms with van der Waals surface area (Å²) in [4.78, 5) is 66.1. The Morgan fingerprint density at radius 1 is 1.02 bits per heavy atom. The zero-order valence-electron chi connectivity index (χ0n) is 24.8. The number of rotatable bonds is 11. The van der Waals surface area contributed by atoms with Crippen LogP contribution in [-0.2, 0) is 19.1 Å². The summed E-state index contributed by atoms with van der Waals surface area (Å²) in [6.07, 6.45) is 1.85. The van der Waals surface area contributed by atoms with Gasteiger partial charge in [0.15, 0.2) is 11.5 Å². The minimum atomic E-state index is -1.13. The highest BCUT2D eigenvalue weighted by atomic mass is 16.6. The van der Waals surface area contributed by atoms with Crippen LogP contribution in [0.15, 0.2) is 36.4 Å². The number of carboxylic acid groups (broad SMARTS) is 1. The number of carboxylic acids is 1. The number of aromatic nitrogens is 2. The number of ketones is 1. The summed E-state index contributed by atoms with van der Waals surface area (Å²) in [5.74, 6) is -2.24. The number of carbonyl (C=O) groups excluding carboxylic acids is 4. The molecule has 3 amide bonds. The molecule has 1 saturated carbocycles. The van der Waals surface area contributed by atoms with E-state index in [-0.39, 0.29) is 69.1 Å². The lowest BCUT2D eigenvalue weighted by molar-refractivity contribution is -0.138. The predicted molar refractivity (Wildman–Crippen MR) is 154 cm³/mol. The summed E-state index contributed by atoms with van der Waals surface area (Å²) in [7, 11) is 0. The summed E-state index contributed by atoms with van der Waals surface area (Å²) >= 11 is 0. The van der Waals surface area contributed by atoms with Gasteiger partial charge in [-0.15, -0.1) is 0 Å². The van der Waals surface area contributed by atoms with Gasteiger partial charge >= 0.3 is 12.1 Å². The van der Waals surface area contributed by atoms with Crippen molar-refractivity contribution in [2.45, 2.75) is 65.0 Å². The minimum absolute atomic E-state index is 0.0435. The van der Waals surface area contributed by atoms with Gasteiger partial charge in [-0.2, -0.15) is 5.10 Å². The Morgan fingerprint density at radius 3 is 2.26 bits per heavy atom. The van der Waals surface area contributed by atoms with Crippen molar-refractivity contribution in [1.82, 2.24) is 24.9 Å². The molecule has 2 N–H and O–H groups in total. The van der Waals surface area contributed by atoms with Gasteiger partial charge in [-0.3, -0.25) is 19.2 Å². The average Bonchev–Trinajstić information content (AvgIpc) is 3.39. The molecule has 2 fully saturated rings. The predicted octanol–water partition coefficient (Wildman–Crippen LogP) is 2.66. The Hall–Kier alpha value is -4.42. The van der Waals surface area contributed by atoms with Crippen LogP contribution in [0.2, 0.25) is 0 Å². The summed E-state index contributed by atoms with van der Waals surface area (Å²) in [6.45, 7) is 6.09. The van der Waals surface area contributed by atoms with Gasteiger partial charge in [-0.05, 0) is 37.8 Å². The molecule has 1 unspecified atom stereocenters. The molecule has 13 nitrogen and oxygen atoms in total. The van der Waals surface area contributed by atoms with Gasteiger partial charge < -0.3 is 29.7 Å². The monoisotopic (exact) mass is 597 g/mol. The fourth-order valence-corrected chi connectivity index (χ4v) is 4.48. The van der Waals surface area contributed by atoms with Crippen molar-refractivity contribution in [1.29, 1.82) is 0 Å². The molecule has 1 atom stereocenters. The van der Waals surface area contributed by atoms with E-state index in [4.69, 9.17) is 9.47 Å². The maximum atomic E-state index is 13.4. The van der Waals surface area contributed by atoms with Crippen LogP contribution in [0.5, 0.6) is 5.88 Å². The molecule has 1 saturated heterocycles. The van der Waals surface area contributed by atoms with Gasteiger partial charge in [0.05, 0.1) is 5.69 Å². The molecule has 0 spiro atoms. The number of ether oxygens (including phenoxy) is 2. The number of Topliss-reactive ketones (excluding diaryl/α,β-unsaturated/α-hetero) is 1. The molecular formula is C30H39N5O8. The summed E-state index contributed by atoms with van der Waals surface area (Å²) in [6, 6.07) is 9.15. The zero-order chi connectivity index (χ0) is 31.1. The molecule has 2 aromatic rings. The van der Waals surface area contributed by atoms with E-state index in [2.05, 4.69) is 10.4 Å². The number of nitrogens with one attached hydrogen (secondary N) is 1. The first-order chi connectivity index (χ1) is 20.4. The third-order valence-electron chi connectivity index (χ3n) is 7.52. The van der Waals surface area contributed by atoms with Crippen LogP contribution in [0, 0.1) is 5.41 Å². The van der Waals surface area contributed by atoms with Gasteiger partial charge in [0, 0.05) is 44.1 Å². The average molecular weight is 598 g/mol. The van der Waals surface area contributed by atoms with E-state index >= 15 is 0 Å². The molecule has 1 aliphatic carbocycles. The second kappa shape index (κ2) is 13.7. The number of hydrogen-bond donors (Lipinski definition) is 2. The van der Waals surface area contributed by atoms with Gasteiger partial charge in [0.1, 0.15) is 18.8 Å². The van der Waals surface area contributed by atoms with E-state index < -0.39 is 35.3 Å². The Morgan fingerprint density at radius 2 is 1.67 bits per heavy atom. The number of benzene rings is 1. The van der Waals surface area contributed by atoms with Crippen LogP contribution < -0.4 is 10.1 Å². The molecule has 2 heterocycles. The highest BCUT2D eigenvalue weighted by Crippen LogP contribution is 2.24. The third kappa shape index (κ3) is 8.33. The first kappa shape index (κ1) is 31.5. The number of piperazine rings is 1. The van der Waals surface area contributed by atoms with Crippen molar-refractivity contribution >= 4 is 29.7 Å². The van der Waals surface area contributed by atoms with E-state index in [0.29, 0.717) is 5.69 Å². The highest BCUT2D eigenvalue weighted by Gasteiger charge is 2.33. The van der Waals surface area contributed by atoms with Crippen LogP contribution in [0.3, 0.4) is 0 Å². The van der Waals surface area contributed by atoms with E-state index in [0.717, 1.165) is 19.3 Å². The maximum Gasteiger partial charge on any atom is 0.410 e. The normalized spacial score (nSPS) is 16.2. The SMILES string of the molecule is CC(C)(C)C(=O)COc1cc(C(=O)NC(CCC(=O)O)C(=O)N2CCN(C(=O)OC3CCC3)CC2)nn1-c1ccccc1. The van der Waals surface area contributed by atoms with Crippen molar-refractivity contribution in [3.63, 3.8) is 0 Å². The molecule has 1 aliphatic heterocycles. The van der Waals surface area contributed by atoms with Gasteiger partial charge in [-0.25, -0.2) is 9.48 Å². The molecule has 232 valence electrons. The second-order valence-corrected chi connectivity index (χ2v) is 11.8. The van der Waals surface area contributed by atoms with Gasteiger partial charge in [0.25, 0.3) is 5.91 Å². The van der Waals surface area contributed by atoms with Crippen molar-refractivity contribution < 1.29 is 38.6 Å². The molecule has 1 aromatic carbocycles. The smallest absolute Gasteiger partial charge is 0.410 e. The lowest BCUT2D eigenvalue weighted by atomic mass is 9.91. The van der Waals surface area contributed by atoms with E-state index in [1.165, 1.54) is 15.6 Å². The standard InChI is InChI=1S/C30H39N5O8/c1-30(2,3)24(36)19-42-25-18-23(32-35(25)20-8-5-4-6-9-20)27(39)31-22(12-13-26(37)38)28(40)33-14-16-34(17-15-33)29(41)43-21-10-7-11-21/h4-6,8-9,18,21-22H,7,10-17,19H2,1-3H3,(H,31,39)(H,37,38). The van der Waals surface area contributed by atoms with Crippen LogP contribution >= 0.6 is 0 Å². The number of carbonyl (C=O) groups is 5. The minimum Gasteiger partial charge on any atom is -0.481 e. The van der Waals surface area contributed by atoms with Gasteiger partial charge in [-0.1, -0.05) is 39.0 Å². The van der Waals surface area contributed by atoms with Crippen molar-refractivity contribution in [2.75, 3.05) is 32.8 Å².